The van der Waals surface area contributed by atoms with Crippen LogP contribution in [0.3, 0.4) is 0 Å². The molecule has 14 heavy (non-hydrogen) atoms. The van der Waals surface area contributed by atoms with Crippen molar-refractivity contribution in [3.05, 3.63) is 0 Å². The third kappa shape index (κ3) is 84.2. The third-order valence-electron chi connectivity index (χ3n) is 0.383. The third-order valence-corrected chi connectivity index (χ3v) is 0.748. The molecule has 0 amide bonds. The van der Waals surface area contributed by atoms with E-state index in [1.807, 2.05) is 0 Å². The summed E-state index contributed by atoms with van der Waals surface area (Å²) in [5, 5.41) is 22.8. The van der Waals surface area contributed by atoms with Crippen LogP contribution in [0.1, 0.15) is 6.92 Å². The van der Waals surface area contributed by atoms with Crippen LogP contribution in [0.15, 0.2) is 0 Å². The summed E-state index contributed by atoms with van der Waals surface area (Å²) >= 11 is 8.17. The van der Waals surface area contributed by atoms with Crippen LogP contribution in [0.25, 0.3) is 0 Å². The molecular weight excluding hydrogens is 235 g/mol. The van der Waals surface area contributed by atoms with Crippen LogP contribution in [0.5, 0.6) is 0 Å². The van der Waals surface area contributed by atoms with Crippen molar-refractivity contribution in [2.24, 2.45) is 5.73 Å². The van der Waals surface area contributed by atoms with E-state index in [0.717, 1.165) is 0 Å². The van der Waals surface area contributed by atoms with E-state index in [-0.39, 0.29) is 41.3 Å². The molecule has 5 nitrogen and oxygen atoms in total. The van der Waals surface area contributed by atoms with E-state index in [4.69, 9.17) is 15.3 Å². The molecule has 82 valence electrons. The molecule has 0 rings (SSSR count). The van der Waals surface area contributed by atoms with Gasteiger partial charge in [-0.25, -0.2) is 0 Å². The van der Waals surface area contributed by atoms with Crippen LogP contribution in [0.4, 0.5) is 0 Å². The van der Waals surface area contributed by atoms with E-state index in [1.165, 1.54) is 4.90 Å². The van der Waals surface area contributed by atoms with Gasteiger partial charge in [-0.2, -0.15) is 0 Å². The molecule has 0 aliphatic rings. The Morgan fingerprint density at radius 1 is 1.29 bits per heavy atom. The van der Waals surface area contributed by atoms with Crippen molar-refractivity contribution < 1.29 is 15.3 Å². The molecule has 0 atom stereocenters. The maximum absolute atomic E-state index is 8.29. The van der Waals surface area contributed by atoms with Gasteiger partial charge in [0.25, 0.3) is 10.3 Å². The van der Waals surface area contributed by atoms with Crippen LogP contribution in [0.2, 0.25) is 0 Å². The molecule has 0 fully saturated rings. The van der Waals surface area contributed by atoms with Crippen molar-refractivity contribution in [1.82, 2.24) is 4.90 Å². The summed E-state index contributed by atoms with van der Waals surface area (Å²) in [5.41, 5.74) is 4.40. The average molecular weight is 252 g/mol. The first kappa shape index (κ1) is 23.9. The van der Waals surface area contributed by atoms with Gasteiger partial charge in [-0.15, -0.1) is 0 Å². The van der Waals surface area contributed by atoms with E-state index in [0.29, 0.717) is 0 Å². The van der Waals surface area contributed by atoms with Gasteiger partial charge < -0.3 is 26.0 Å². The zero-order valence-electron chi connectivity index (χ0n) is 7.89. The van der Waals surface area contributed by atoms with E-state index >= 15 is 0 Å². The Kier molecular flexibility index (Phi) is 32.4. The van der Waals surface area contributed by atoms with Gasteiger partial charge in [0.05, 0.1) is 0 Å². The van der Waals surface area contributed by atoms with Crippen LogP contribution >= 0.6 is 24.4 Å². The van der Waals surface area contributed by atoms with Crippen LogP contribution in [-0.2, 0) is 0 Å². The van der Waals surface area contributed by atoms with Gasteiger partial charge in [-0.3, -0.25) is 0 Å². The van der Waals surface area contributed by atoms with Gasteiger partial charge in [0.2, 0.25) is 0 Å². The van der Waals surface area contributed by atoms with E-state index in [2.05, 4.69) is 30.2 Å². The Bertz CT molecular complexity index is 143. The maximum atomic E-state index is 8.29. The van der Waals surface area contributed by atoms with Crippen molar-refractivity contribution in [3.8, 4) is 0 Å². The number of rotatable bonds is 0. The Hall–Kier alpha value is 0.340. The van der Waals surface area contributed by atoms with Crippen LogP contribution in [0, 0.1) is 0 Å². The molecule has 0 spiro atoms. The molecule has 0 aliphatic carbocycles. The fourth-order valence-electron chi connectivity index (χ4n) is 0. The monoisotopic (exact) mass is 252 g/mol. The first-order valence-electron chi connectivity index (χ1n) is 3.29. The van der Waals surface area contributed by atoms with Gasteiger partial charge in [0.1, 0.15) is 0 Å². The minimum atomic E-state index is -0.500. The topological polar surface area (TPSA) is 90.0 Å². The summed E-state index contributed by atoms with van der Waals surface area (Å²) in [7, 11) is 3.37. The molecule has 5 N–H and O–H groups in total. The second-order valence-corrected chi connectivity index (χ2v) is 2.61. The number of aliphatic hydroxyl groups excluding tert-OH is 3. The van der Waals surface area contributed by atoms with Gasteiger partial charge in [0, 0.05) is 20.7 Å². The molecule has 0 saturated carbocycles. The number of nitrogens with zero attached hydrogens (tertiary/aromatic N) is 1. The van der Waals surface area contributed by atoms with Crippen molar-refractivity contribution in [1.29, 1.82) is 0 Å². The first-order valence-corrected chi connectivity index (χ1v) is 4.10. The predicted octanol–water partition coefficient (Wildman–Crippen LogP) is -0.471. The molecule has 0 radical (unpaired) electrons. The average Bonchev–Trinajstić information content (AvgIpc) is 1.87. The number of nitrogens with two attached hydrogens (primary N) is 1. The first-order chi connectivity index (χ1) is 5.79. The summed E-state index contributed by atoms with van der Waals surface area (Å²) < 4.78 is 0. The van der Waals surface area contributed by atoms with Crippen LogP contribution < -0.4 is 5.73 Å². The normalized spacial score (nSPS) is 6.29. The fraction of sp³-hybridized carbons (Fsp3) is 0.667. The van der Waals surface area contributed by atoms with Crippen LogP contribution in [-0.4, -0.2) is 80.8 Å². The molecule has 0 aromatic heterocycles. The molecule has 0 bridgehead atoms. The Morgan fingerprint density at radius 3 is 1.36 bits per heavy atom. The second-order valence-electron chi connectivity index (χ2n) is 1.83. The quantitative estimate of drug-likeness (QED) is 0.342. The van der Waals surface area contributed by atoms with E-state index < -0.39 is 5.17 Å². The SMILES string of the molecule is CCO.CN(C)C(O)=S.NC(O)=S.[NaH]. The molecular formula is C6H17N2NaO3S2. The molecule has 8 heteroatoms. The van der Waals surface area contributed by atoms with Gasteiger partial charge in [-0.1, -0.05) is 0 Å². The van der Waals surface area contributed by atoms with Crippen molar-refractivity contribution >= 4 is 64.3 Å². The predicted molar refractivity (Wildman–Crippen MR) is 68.2 cm³/mol. The summed E-state index contributed by atoms with van der Waals surface area (Å²) in [5.74, 6) is 0. The summed E-state index contributed by atoms with van der Waals surface area (Å²) in [6.45, 7) is 1.93. The molecule has 0 aliphatic heterocycles. The minimum absolute atomic E-state index is 0. The molecule has 0 saturated heterocycles. The summed E-state index contributed by atoms with van der Waals surface area (Å²) in [6.07, 6.45) is 0. The number of hydrogen-bond donors (Lipinski definition) is 4. The fourth-order valence-corrected chi connectivity index (χ4v) is 0. The molecule has 0 heterocycles. The second kappa shape index (κ2) is 19.0. The van der Waals surface area contributed by atoms with Gasteiger partial charge in [-0.05, 0) is 31.4 Å². The zero-order chi connectivity index (χ0) is 11.4. The standard InChI is InChI=1S/C3H7NOS.C2H6O.CH3NOS.Na.H/c1-4(2)3(5)6;1-2-3;2-1(3)4;;/h1-2H3,(H,5,6);3H,2H2,1H3;(H3,2,3,4);;. The van der Waals surface area contributed by atoms with Crippen molar-refractivity contribution in [3.63, 3.8) is 0 Å². The molecule has 0 unspecified atom stereocenters. The van der Waals surface area contributed by atoms with Crippen molar-refractivity contribution in [2.45, 2.75) is 6.92 Å². The molecule has 0 aromatic rings. The molecule has 0 aromatic carbocycles. The van der Waals surface area contributed by atoms with E-state index in [9.17, 15) is 0 Å². The Morgan fingerprint density at radius 2 is 1.36 bits per heavy atom. The summed E-state index contributed by atoms with van der Waals surface area (Å²) in [6, 6.07) is 0. The number of aliphatic hydroxyl groups is 3. The zero-order valence-corrected chi connectivity index (χ0v) is 9.52. The Balaban J connectivity index is -0.0000000553. The summed E-state index contributed by atoms with van der Waals surface area (Å²) in [4.78, 5) is 1.45. The number of thiocarbonyl (C=S) groups is 2. The van der Waals surface area contributed by atoms with Gasteiger partial charge >= 0.3 is 29.6 Å². The van der Waals surface area contributed by atoms with E-state index in [1.54, 1.807) is 21.0 Å². The number of hydrogen-bond acceptors (Lipinski definition) is 3. The Labute approximate surface area is 117 Å². The van der Waals surface area contributed by atoms with Crippen molar-refractivity contribution in [2.75, 3.05) is 20.7 Å². The van der Waals surface area contributed by atoms with Gasteiger partial charge in [0.15, 0.2) is 0 Å².